The van der Waals surface area contributed by atoms with Crippen molar-refractivity contribution in [3.8, 4) is 0 Å². The average Bonchev–Trinajstić information content (AvgIpc) is 2.81. The third-order valence-electron chi connectivity index (χ3n) is 4.24. The van der Waals surface area contributed by atoms with Gasteiger partial charge in [-0.25, -0.2) is 8.42 Å². The molecule has 114 valence electrons. The number of sulfone groups is 1. The van der Waals surface area contributed by atoms with Crippen LogP contribution in [-0.2, 0) is 9.84 Å². The maximum absolute atomic E-state index is 11.8. The summed E-state index contributed by atoms with van der Waals surface area (Å²) in [4.78, 5) is 2.67. The first-order valence-corrected chi connectivity index (χ1v) is 10.2. The van der Waals surface area contributed by atoms with E-state index in [1.165, 1.54) is 16.0 Å². The van der Waals surface area contributed by atoms with E-state index in [1.54, 1.807) is 0 Å². The molecule has 0 bridgehead atoms. The van der Waals surface area contributed by atoms with Gasteiger partial charge >= 0.3 is 0 Å². The van der Waals surface area contributed by atoms with Crippen LogP contribution in [0, 0.1) is 12.8 Å². The Morgan fingerprint density at radius 3 is 2.70 bits per heavy atom. The lowest BCUT2D eigenvalue weighted by Gasteiger charge is -2.34. The van der Waals surface area contributed by atoms with Crippen molar-refractivity contribution < 1.29 is 8.42 Å². The molecule has 1 fully saturated rings. The summed E-state index contributed by atoms with van der Waals surface area (Å²) < 4.78 is 23.7. The zero-order chi connectivity index (χ0) is 14.8. The Kier molecular flexibility index (Phi) is 5.26. The van der Waals surface area contributed by atoms with E-state index < -0.39 is 9.84 Å². The normalized spacial score (nSPS) is 25.6. The van der Waals surface area contributed by atoms with E-state index in [0.717, 1.165) is 32.2 Å². The predicted octanol–water partition coefficient (Wildman–Crippen LogP) is 3.31. The molecule has 5 heteroatoms. The van der Waals surface area contributed by atoms with Gasteiger partial charge in [-0.3, -0.25) is 0 Å². The van der Waals surface area contributed by atoms with E-state index in [2.05, 4.69) is 31.3 Å². The minimum Gasteiger partial charge on any atom is -0.309 e. The molecule has 1 aliphatic carbocycles. The SMILES string of the molecule is CCNC(c1ccc(C)s1)C1CCCC(S(C)(=O)=O)C1. The second kappa shape index (κ2) is 6.58. The van der Waals surface area contributed by atoms with Crippen LogP contribution < -0.4 is 5.32 Å². The average molecular weight is 316 g/mol. The van der Waals surface area contributed by atoms with E-state index in [4.69, 9.17) is 0 Å². The zero-order valence-corrected chi connectivity index (χ0v) is 14.2. The van der Waals surface area contributed by atoms with Crippen LogP contribution in [0.4, 0.5) is 0 Å². The van der Waals surface area contributed by atoms with Crippen molar-refractivity contribution in [1.29, 1.82) is 0 Å². The van der Waals surface area contributed by atoms with Gasteiger partial charge in [-0.15, -0.1) is 11.3 Å². The van der Waals surface area contributed by atoms with Crippen molar-refractivity contribution in [2.75, 3.05) is 12.8 Å². The van der Waals surface area contributed by atoms with Gasteiger partial charge in [-0.2, -0.15) is 0 Å². The van der Waals surface area contributed by atoms with Crippen LogP contribution in [-0.4, -0.2) is 26.5 Å². The maximum Gasteiger partial charge on any atom is 0.150 e. The number of rotatable bonds is 5. The fourth-order valence-corrected chi connectivity index (χ4v) is 5.45. The molecule has 3 unspecified atom stereocenters. The molecule has 1 heterocycles. The molecule has 0 aromatic carbocycles. The van der Waals surface area contributed by atoms with E-state index >= 15 is 0 Å². The van der Waals surface area contributed by atoms with Gasteiger partial charge in [0.05, 0.1) is 5.25 Å². The van der Waals surface area contributed by atoms with Gasteiger partial charge in [-0.1, -0.05) is 13.3 Å². The lowest BCUT2D eigenvalue weighted by molar-refractivity contribution is 0.278. The fourth-order valence-electron chi connectivity index (χ4n) is 3.21. The molecule has 1 saturated carbocycles. The van der Waals surface area contributed by atoms with Gasteiger partial charge in [0, 0.05) is 22.1 Å². The number of thiophene rings is 1. The van der Waals surface area contributed by atoms with E-state index in [-0.39, 0.29) is 5.25 Å². The molecule has 0 amide bonds. The topological polar surface area (TPSA) is 46.2 Å². The summed E-state index contributed by atoms with van der Waals surface area (Å²) in [5.41, 5.74) is 0. The van der Waals surface area contributed by atoms with E-state index in [9.17, 15) is 8.42 Å². The molecule has 1 aliphatic rings. The Hall–Kier alpha value is -0.390. The fraction of sp³-hybridized carbons (Fsp3) is 0.733. The molecule has 0 spiro atoms. The Balaban J connectivity index is 2.17. The Bertz CT molecular complexity index is 536. The third-order valence-corrected chi connectivity index (χ3v) is 6.96. The van der Waals surface area contributed by atoms with Gasteiger partial charge in [0.15, 0.2) is 0 Å². The largest absolute Gasteiger partial charge is 0.309 e. The molecule has 0 radical (unpaired) electrons. The van der Waals surface area contributed by atoms with Crippen molar-refractivity contribution in [1.82, 2.24) is 5.32 Å². The number of nitrogens with one attached hydrogen (secondary N) is 1. The smallest absolute Gasteiger partial charge is 0.150 e. The second-order valence-corrected chi connectivity index (χ2v) is 9.51. The Labute approximate surface area is 126 Å². The molecule has 0 aliphatic heterocycles. The molecule has 20 heavy (non-hydrogen) atoms. The van der Waals surface area contributed by atoms with Crippen LogP contribution in [0.5, 0.6) is 0 Å². The standard InChI is InChI=1S/C15H25NO2S2/c1-4-16-15(14-9-8-11(2)19-14)12-6-5-7-13(10-12)20(3,17)18/h8-9,12-13,15-16H,4-7,10H2,1-3H3. The minimum atomic E-state index is -2.91. The summed E-state index contributed by atoms with van der Waals surface area (Å²) in [6, 6.07) is 4.65. The number of aryl methyl sites for hydroxylation is 1. The van der Waals surface area contributed by atoms with Crippen LogP contribution in [0.15, 0.2) is 12.1 Å². The van der Waals surface area contributed by atoms with Crippen molar-refractivity contribution >= 4 is 21.2 Å². The predicted molar refractivity (Wildman–Crippen MR) is 86.1 cm³/mol. The van der Waals surface area contributed by atoms with Gasteiger partial charge in [0.1, 0.15) is 9.84 Å². The summed E-state index contributed by atoms with van der Waals surface area (Å²) in [5, 5.41) is 3.42. The van der Waals surface area contributed by atoms with Gasteiger partial charge in [0.2, 0.25) is 0 Å². The third kappa shape index (κ3) is 3.83. The van der Waals surface area contributed by atoms with Crippen LogP contribution in [0.2, 0.25) is 0 Å². The van der Waals surface area contributed by atoms with E-state index in [0.29, 0.717) is 12.0 Å². The molecule has 3 nitrogen and oxygen atoms in total. The van der Waals surface area contributed by atoms with Crippen molar-refractivity contribution in [2.45, 2.75) is 50.8 Å². The quantitative estimate of drug-likeness (QED) is 0.907. The molecular formula is C15H25NO2S2. The highest BCUT2D eigenvalue weighted by atomic mass is 32.2. The summed E-state index contributed by atoms with van der Waals surface area (Å²) in [5.74, 6) is 0.432. The summed E-state index contributed by atoms with van der Waals surface area (Å²) in [6.07, 6.45) is 5.16. The first kappa shape index (κ1) is 16.0. The molecule has 1 N–H and O–H groups in total. The number of hydrogen-bond donors (Lipinski definition) is 1. The van der Waals surface area contributed by atoms with Crippen LogP contribution >= 0.6 is 11.3 Å². The Morgan fingerprint density at radius 2 is 2.15 bits per heavy atom. The van der Waals surface area contributed by atoms with Crippen LogP contribution in [0.1, 0.15) is 48.4 Å². The zero-order valence-electron chi connectivity index (χ0n) is 12.6. The Morgan fingerprint density at radius 1 is 1.40 bits per heavy atom. The van der Waals surface area contributed by atoms with Crippen molar-refractivity contribution in [3.05, 3.63) is 21.9 Å². The van der Waals surface area contributed by atoms with E-state index in [1.807, 2.05) is 11.3 Å². The van der Waals surface area contributed by atoms with Crippen LogP contribution in [0.3, 0.4) is 0 Å². The summed E-state index contributed by atoms with van der Waals surface area (Å²) in [7, 11) is -2.91. The second-order valence-electron chi connectivity index (χ2n) is 5.86. The highest BCUT2D eigenvalue weighted by Crippen LogP contribution is 2.38. The highest BCUT2D eigenvalue weighted by Gasteiger charge is 2.33. The summed E-state index contributed by atoms with van der Waals surface area (Å²) >= 11 is 1.83. The molecule has 3 atom stereocenters. The summed E-state index contributed by atoms with van der Waals surface area (Å²) in [6.45, 7) is 5.16. The molecular weight excluding hydrogens is 290 g/mol. The minimum absolute atomic E-state index is 0.150. The first-order chi connectivity index (χ1) is 9.41. The lowest BCUT2D eigenvalue weighted by Crippen LogP contribution is -2.35. The van der Waals surface area contributed by atoms with Crippen LogP contribution in [0.25, 0.3) is 0 Å². The molecule has 1 aromatic heterocycles. The lowest BCUT2D eigenvalue weighted by atomic mass is 9.83. The molecule has 0 saturated heterocycles. The molecule has 2 rings (SSSR count). The monoisotopic (exact) mass is 315 g/mol. The highest BCUT2D eigenvalue weighted by molar-refractivity contribution is 7.91. The number of hydrogen-bond acceptors (Lipinski definition) is 4. The van der Waals surface area contributed by atoms with Gasteiger partial charge in [0.25, 0.3) is 0 Å². The maximum atomic E-state index is 11.8. The van der Waals surface area contributed by atoms with Gasteiger partial charge in [-0.05, 0) is 50.8 Å². The van der Waals surface area contributed by atoms with Crippen molar-refractivity contribution in [3.63, 3.8) is 0 Å². The van der Waals surface area contributed by atoms with Gasteiger partial charge < -0.3 is 5.32 Å². The first-order valence-electron chi connectivity index (χ1n) is 7.40. The van der Waals surface area contributed by atoms with Crippen molar-refractivity contribution in [2.24, 2.45) is 5.92 Å². The molecule has 1 aromatic rings.